The third-order valence-corrected chi connectivity index (χ3v) is 4.17. The zero-order valence-corrected chi connectivity index (χ0v) is 13.3. The number of amides is 1. The number of aliphatic carboxylic acids is 1. The Kier molecular flexibility index (Phi) is 6.66. The molecule has 1 saturated heterocycles. The molecule has 0 aliphatic carbocycles. The maximum absolute atomic E-state index is 14.0. The van der Waals surface area contributed by atoms with E-state index in [1.54, 1.807) is 12.1 Å². The van der Waals surface area contributed by atoms with Crippen LogP contribution < -0.4 is 10.6 Å². The molecule has 1 aliphatic heterocycles. The van der Waals surface area contributed by atoms with Crippen LogP contribution in [0.3, 0.4) is 0 Å². The molecule has 1 aliphatic rings. The molecule has 0 bridgehead atoms. The van der Waals surface area contributed by atoms with Gasteiger partial charge >= 0.3 is 5.97 Å². The van der Waals surface area contributed by atoms with E-state index in [2.05, 4.69) is 10.6 Å². The van der Waals surface area contributed by atoms with Crippen LogP contribution >= 0.6 is 11.8 Å². The summed E-state index contributed by atoms with van der Waals surface area (Å²) in [7, 11) is 0. The number of nitrogens with one attached hydrogen (secondary N) is 2. The number of carbonyl (C=O) groups excluding carboxylic acids is 1. The maximum Gasteiger partial charge on any atom is 0.313 e. The van der Waals surface area contributed by atoms with Crippen molar-refractivity contribution < 1.29 is 23.8 Å². The Hall–Kier alpha value is -1.80. The van der Waals surface area contributed by atoms with Crippen LogP contribution in [0.15, 0.2) is 18.2 Å². The summed E-state index contributed by atoms with van der Waals surface area (Å²) < 4.78 is 19.5. The van der Waals surface area contributed by atoms with Crippen molar-refractivity contribution in [2.45, 2.75) is 18.9 Å². The van der Waals surface area contributed by atoms with E-state index in [1.165, 1.54) is 6.07 Å². The quantitative estimate of drug-likeness (QED) is 0.671. The van der Waals surface area contributed by atoms with E-state index in [0.29, 0.717) is 17.9 Å². The van der Waals surface area contributed by atoms with Crippen LogP contribution in [0.4, 0.5) is 15.8 Å². The van der Waals surface area contributed by atoms with Crippen molar-refractivity contribution in [2.75, 3.05) is 35.3 Å². The van der Waals surface area contributed by atoms with Crippen molar-refractivity contribution in [3.05, 3.63) is 24.0 Å². The Morgan fingerprint density at radius 1 is 1.39 bits per heavy atom. The molecule has 1 unspecified atom stereocenters. The van der Waals surface area contributed by atoms with Crippen molar-refractivity contribution in [2.24, 2.45) is 0 Å². The van der Waals surface area contributed by atoms with Crippen LogP contribution in [-0.2, 0) is 14.3 Å². The number of ether oxygens (including phenoxy) is 1. The summed E-state index contributed by atoms with van der Waals surface area (Å²) in [5.41, 5.74) is 0.699. The van der Waals surface area contributed by atoms with Gasteiger partial charge in [-0.3, -0.25) is 9.59 Å². The minimum Gasteiger partial charge on any atom is -0.481 e. The van der Waals surface area contributed by atoms with Crippen LogP contribution in [-0.4, -0.2) is 47.7 Å². The first kappa shape index (κ1) is 17.6. The van der Waals surface area contributed by atoms with Crippen molar-refractivity contribution in [3.63, 3.8) is 0 Å². The highest BCUT2D eigenvalue weighted by Gasteiger charge is 2.15. The minimum atomic E-state index is -0.976. The maximum atomic E-state index is 14.0. The third kappa shape index (κ3) is 6.07. The lowest BCUT2D eigenvalue weighted by Crippen LogP contribution is -2.19. The normalized spacial score (nSPS) is 17.0. The van der Waals surface area contributed by atoms with E-state index >= 15 is 0 Å². The molecule has 0 radical (unpaired) electrons. The van der Waals surface area contributed by atoms with E-state index in [4.69, 9.17) is 9.84 Å². The molecule has 1 amide bonds. The van der Waals surface area contributed by atoms with Crippen molar-refractivity contribution in [1.29, 1.82) is 0 Å². The van der Waals surface area contributed by atoms with Crippen molar-refractivity contribution >= 4 is 35.0 Å². The number of anilines is 2. The standard InChI is InChI=1S/C15H19FN2O4S/c16-12-6-10(18-14(19)8-23-9-15(20)21)3-4-13(12)17-7-11-2-1-5-22-11/h3-4,6,11,17H,1-2,5,7-9H2,(H,18,19)(H,20,21). The van der Waals surface area contributed by atoms with Gasteiger partial charge < -0.3 is 20.5 Å². The van der Waals surface area contributed by atoms with Gasteiger partial charge in [-0.25, -0.2) is 4.39 Å². The summed E-state index contributed by atoms with van der Waals surface area (Å²) >= 11 is 0.987. The van der Waals surface area contributed by atoms with Gasteiger partial charge in [0.15, 0.2) is 0 Å². The highest BCUT2D eigenvalue weighted by molar-refractivity contribution is 8.00. The fourth-order valence-electron chi connectivity index (χ4n) is 2.19. The lowest BCUT2D eigenvalue weighted by Gasteiger charge is -2.13. The number of thioether (sulfide) groups is 1. The summed E-state index contributed by atoms with van der Waals surface area (Å²) in [4.78, 5) is 22.0. The second-order valence-electron chi connectivity index (χ2n) is 5.15. The minimum absolute atomic E-state index is 0.00688. The molecule has 1 aromatic carbocycles. The molecule has 1 aromatic rings. The molecule has 23 heavy (non-hydrogen) atoms. The second-order valence-corrected chi connectivity index (χ2v) is 6.13. The predicted molar refractivity (Wildman–Crippen MR) is 87.5 cm³/mol. The summed E-state index contributed by atoms with van der Waals surface area (Å²) in [6, 6.07) is 4.39. The van der Waals surface area contributed by atoms with Crippen molar-refractivity contribution in [3.8, 4) is 0 Å². The lowest BCUT2D eigenvalue weighted by atomic mass is 10.2. The van der Waals surface area contributed by atoms with Gasteiger partial charge in [-0.15, -0.1) is 11.8 Å². The number of carboxylic acids is 1. The SMILES string of the molecule is O=C(O)CSCC(=O)Nc1ccc(NCC2CCCO2)c(F)c1. The smallest absolute Gasteiger partial charge is 0.313 e. The van der Waals surface area contributed by atoms with Gasteiger partial charge in [0.1, 0.15) is 5.82 Å². The first-order chi connectivity index (χ1) is 11.0. The molecular formula is C15H19FN2O4S. The average molecular weight is 342 g/mol. The van der Waals surface area contributed by atoms with Crippen molar-refractivity contribution in [1.82, 2.24) is 0 Å². The van der Waals surface area contributed by atoms with Crippen LogP contribution in [0.1, 0.15) is 12.8 Å². The molecule has 1 heterocycles. The fourth-order valence-corrected chi connectivity index (χ4v) is 2.73. The van der Waals surface area contributed by atoms with Gasteiger partial charge in [0.2, 0.25) is 5.91 Å². The van der Waals surface area contributed by atoms with E-state index in [0.717, 1.165) is 31.2 Å². The topological polar surface area (TPSA) is 87.7 Å². The summed E-state index contributed by atoms with van der Waals surface area (Å²) in [5, 5.41) is 14.0. The number of halogens is 1. The molecule has 126 valence electrons. The van der Waals surface area contributed by atoms with E-state index < -0.39 is 11.8 Å². The zero-order valence-electron chi connectivity index (χ0n) is 12.5. The molecule has 3 N–H and O–H groups in total. The average Bonchev–Trinajstić information content (AvgIpc) is 2.99. The Balaban J connectivity index is 1.80. The lowest BCUT2D eigenvalue weighted by molar-refractivity contribution is -0.133. The monoisotopic (exact) mass is 342 g/mol. The summed E-state index contributed by atoms with van der Waals surface area (Å²) in [6.45, 7) is 1.30. The van der Waals surface area contributed by atoms with Gasteiger partial charge in [-0.2, -0.15) is 0 Å². The fraction of sp³-hybridized carbons (Fsp3) is 0.467. The largest absolute Gasteiger partial charge is 0.481 e. The molecule has 0 saturated carbocycles. The third-order valence-electron chi connectivity index (χ3n) is 3.26. The highest BCUT2D eigenvalue weighted by atomic mass is 32.2. The zero-order chi connectivity index (χ0) is 16.7. The van der Waals surface area contributed by atoms with Gasteiger partial charge in [0.05, 0.1) is 23.3 Å². The number of hydrogen-bond acceptors (Lipinski definition) is 5. The van der Waals surface area contributed by atoms with Gasteiger partial charge in [-0.05, 0) is 31.0 Å². The number of carbonyl (C=O) groups is 2. The Morgan fingerprint density at radius 3 is 2.87 bits per heavy atom. The van der Waals surface area contributed by atoms with E-state index in [-0.39, 0.29) is 23.5 Å². The Morgan fingerprint density at radius 2 is 2.22 bits per heavy atom. The first-order valence-corrected chi connectivity index (χ1v) is 8.44. The number of benzene rings is 1. The summed E-state index contributed by atoms with van der Waals surface area (Å²) in [6.07, 6.45) is 2.11. The number of carboxylic acid groups (broad SMARTS) is 1. The van der Waals surface area contributed by atoms with Crippen LogP contribution in [0.25, 0.3) is 0 Å². The van der Waals surface area contributed by atoms with Gasteiger partial charge in [-0.1, -0.05) is 0 Å². The van der Waals surface area contributed by atoms with Crippen LogP contribution in [0.2, 0.25) is 0 Å². The Labute approximate surface area is 137 Å². The van der Waals surface area contributed by atoms with E-state index in [9.17, 15) is 14.0 Å². The molecule has 1 fully saturated rings. The molecular weight excluding hydrogens is 323 g/mol. The number of hydrogen-bond donors (Lipinski definition) is 3. The molecule has 1 atom stereocenters. The molecule has 6 nitrogen and oxygen atoms in total. The predicted octanol–water partition coefficient (Wildman–Crippen LogP) is 2.17. The molecule has 0 spiro atoms. The van der Waals surface area contributed by atoms with Gasteiger partial charge in [0, 0.05) is 18.8 Å². The van der Waals surface area contributed by atoms with Crippen LogP contribution in [0.5, 0.6) is 0 Å². The van der Waals surface area contributed by atoms with Crippen LogP contribution in [0, 0.1) is 5.82 Å². The molecule has 8 heteroatoms. The van der Waals surface area contributed by atoms with E-state index in [1.807, 2.05) is 0 Å². The Bertz CT molecular complexity index is 564. The second kappa shape index (κ2) is 8.73. The summed E-state index contributed by atoms with van der Waals surface area (Å²) in [5.74, 6) is -1.94. The highest BCUT2D eigenvalue weighted by Crippen LogP contribution is 2.20. The van der Waals surface area contributed by atoms with Gasteiger partial charge in [0.25, 0.3) is 0 Å². The molecule has 2 rings (SSSR count). The first-order valence-electron chi connectivity index (χ1n) is 7.29. The molecule has 0 aromatic heterocycles. The number of rotatable bonds is 8.